The largest absolute Gasteiger partial charge is 0.457 e. The topological polar surface area (TPSA) is 53.1 Å². The molecule has 0 saturated carbocycles. The average molecular weight is 818 g/mol. The summed E-state index contributed by atoms with van der Waals surface area (Å²) < 4.78 is 8.99. The van der Waals surface area contributed by atoms with E-state index in [0.717, 1.165) is 78.7 Å². The molecule has 64 heavy (non-hydrogen) atoms. The zero-order valence-electron chi connectivity index (χ0n) is 34.7. The van der Waals surface area contributed by atoms with Crippen LogP contribution in [-0.2, 0) is 5.41 Å². The van der Waals surface area contributed by atoms with Gasteiger partial charge in [-0.15, -0.1) is 0 Å². The minimum atomic E-state index is -0.588. The van der Waals surface area contributed by atoms with Crippen molar-refractivity contribution in [3.8, 4) is 73.1 Å². The Balaban J connectivity index is 1.02. The molecule has 0 saturated heterocycles. The van der Waals surface area contributed by atoms with E-state index in [-0.39, 0.29) is 0 Å². The van der Waals surface area contributed by atoms with E-state index in [0.29, 0.717) is 0 Å². The van der Waals surface area contributed by atoms with Crippen LogP contribution in [0.2, 0.25) is 0 Å². The van der Waals surface area contributed by atoms with Gasteiger partial charge in [0, 0.05) is 27.8 Å². The molecule has 11 aromatic rings. The molecule has 1 aliphatic heterocycles. The lowest BCUT2D eigenvalue weighted by molar-refractivity contribution is 0.436. The first-order valence-corrected chi connectivity index (χ1v) is 21.8. The van der Waals surface area contributed by atoms with Crippen molar-refractivity contribution < 1.29 is 4.74 Å². The Labute approximate surface area is 371 Å². The first kappa shape index (κ1) is 36.2. The number of para-hydroxylation sites is 4. The molecule has 4 heteroatoms. The third-order valence-corrected chi connectivity index (χ3v) is 13.4. The summed E-state index contributed by atoms with van der Waals surface area (Å²) in [5.41, 5.74) is 24.7. The van der Waals surface area contributed by atoms with Gasteiger partial charge < -0.3 is 10.5 Å². The van der Waals surface area contributed by atoms with Gasteiger partial charge in [0.25, 0.3) is 0 Å². The van der Waals surface area contributed by atoms with Crippen molar-refractivity contribution in [2.45, 2.75) is 5.41 Å². The normalized spacial score (nSPS) is 13.0. The number of rotatable bonds is 5. The number of nitrogen functional groups attached to an aromatic ring is 1. The fourth-order valence-electron chi connectivity index (χ4n) is 10.7. The van der Waals surface area contributed by atoms with Gasteiger partial charge in [-0.25, -0.2) is 4.98 Å². The lowest BCUT2D eigenvalue weighted by Gasteiger charge is -2.39. The zero-order chi connectivity index (χ0) is 42.4. The number of fused-ring (bicyclic) bond motifs is 11. The number of hydrogen-bond acceptors (Lipinski definition) is 3. The predicted molar refractivity (Wildman–Crippen MR) is 262 cm³/mol. The second-order valence-corrected chi connectivity index (χ2v) is 16.8. The van der Waals surface area contributed by atoms with E-state index in [2.05, 4.69) is 217 Å². The molecule has 4 nitrogen and oxygen atoms in total. The maximum atomic E-state index is 6.66. The SMILES string of the molecule is Nc1ccc(-c2cc3c(cc2-c2ccc(-c4nc5ccccc5n4-c4cccc5c(-c6ccccc6)cccc45)cc2)C2(c4ccccc4Oc4ccccc42)c2ccccc2-3)cc1. The molecule has 13 rings (SSSR count). The minimum Gasteiger partial charge on any atom is -0.457 e. The highest BCUT2D eigenvalue weighted by atomic mass is 16.5. The standard InChI is InChI=1S/C60H39N3O/c61-42-34-32-40(33-35-42)47-36-49-45-16-4-5-20-50(45)60(51-21-6-10-26-57(51)64-58-27-11-7-22-52(58)60)53(49)37-48(47)39-28-30-41(31-29-39)59-62-54-23-8-9-24-56(54)63(59)55-25-13-18-44-43(17-12-19-46(44)55)38-14-2-1-3-15-38/h1-37H,61H2. The maximum Gasteiger partial charge on any atom is 0.145 e. The maximum absolute atomic E-state index is 6.66. The summed E-state index contributed by atoms with van der Waals surface area (Å²) in [5.74, 6) is 2.65. The molecule has 0 atom stereocenters. The number of ether oxygens (including phenoxy) is 1. The van der Waals surface area contributed by atoms with E-state index < -0.39 is 5.41 Å². The van der Waals surface area contributed by atoms with Crippen molar-refractivity contribution in [3.05, 3.63) is 247 Å². The molecule has 0 bridgehead atoms. The Morgan fingerprint density at radius 1 is 0.391 bits per heavy atom. The Hall–Kier alpha value is -8.47. The summed E-state index contributed by atoms with van der Waals surface area (Å²) >= 11 is 0. The van der Waals surface area contributed by atoms with E-state index in [9.17, 15) is 0 Å². The van der Waals surface area contributed by atoms with Crippen LogP contribution in [0.25, 0.3) is 83.4 Å². The molecule has 1 spiro atoms. The van der Waals surface area contributed by atoms with Gasteiger partial charge in [0.1, 0.15) is 17.3 Å². The summed E-state index contributed by atoms with van der Waals surface area (Å²) in [6.07, 6.45) is 0. The number of imidazole rings is 1. The number of nitrogens with zero attached hydrogens (tertiary/aromatic N) is 2. The number of nitrogens with two attached hydrogens (primary N) is 1. The predicted octanol–water partition coefficient (Wildman–Crippen LogP) is 14.9. The van der Waals surface area contributed by atoms with E-state index in [1.807, 2.05) is 12.1 Å². The molecule has 2 N–H and O–H groups in total. The Morgan fingerprint density at radius 2 is 0.953 bits per heavy atom. The van der Waals surface area contributed by atoms with Crippen LogP contribution in [0.5, 0.6) is 11.5 Å². The monoisotopic (exact) mass is 817 g/mol. The lowest BCUT2D eigenvalue weighted by atomic mass is 9.65. The smallest absolute Gasteiger partial charge is 0.145 e. The number of hydrogen-bond donors (Lipinski definition) is 1. The molecule has 2 aliphatic rings. The van der Waals surface area contributed by atoms with Crippen molar-refractivity contribution in [2.75, 3.05) is 5.73 Å². The fourth-order valence-corrected chi connectivity index (χ4v) is 10.7. The number of aromatic nitrogens is 2. The highest BCUT2D eigenvalue weighted by molar-refractivity contribution is 6.03. The first-order valence-electron chi connectivity index (χ1n) is 21.8. The molecular formula is C60H39N3O. The van der Waals surface area contributed by atoms with E-state index in [1.165, 1.54) is 44.2 Å². The summed E-state index contributed by atoms with van der Waals surface area (Å²) in [4.78, 5) is 5.33. The van der Waals surface area contributed by atoms with Crippen LogP contribution >= 0.6 is 0 Å². The molecule has 300 valence electrons. The molecule has 0 amide bonds. The van der Waals surface area contributed by atoms with Gasteiger partial charge in [-0.05, 0) is 116 Å². The zero-order valence-corrected chi connectivity index (χ0v) is 34.7. The van der Waals surface area contributed by atoms with Crippen molar-refractivity contribution in [2.24, 2.45) is 0 Å². The first-order chi connectivity index (χ1) is 31.6. The van der Waals surface area contributed by atoms with Crippen molar-refractivity contribution >= 4 is 27.5 Å². The van der Waals surface area contributed by atoms with Gasteiger partial charge in [-0.1, -0.05) is 170 Å². The molecule has 10 aromatic carbocycles. The molecule has 0 unspecified atom stereocenters. The fraction of sp³-hybridized carbons (Fsp3) is 0.0167. The van der Waals surface area contributed by atoms with Crippen LogP contribution < -0.4 is 10.5 Å². The molecule has 1 aliphatic carbocycles. The van der Waals surface area contributed by atoms with Crippen molar-refractivity contribution in [1.82, 2.24) is 9.55 Å². The van der Waals surface area contributed by atoms with Crippen molar-refractivity contribution in [1.29, 1.82) is 0 Å². The second-order valence-electron chi connectivity index (χ2n) is 16.8. The van der Waals surface area contributed by atoms with Gasteiger partial charge in [0.15, 0.2) is 0 Å². The summed E-state index contributed by atoms with van der Waals surface area (Å²) in [5, 5.41) is 2.37. The molecular weight excluding hydrogens is 779 g/mol. The Kier molecular flexibility index (Phi) is 7.94. The number of benzene rings is 10. The summed E-state index contributed by atoms with van der Waals surface area (Å²) in [7, 11) is 0. The van der Waals surface area contributed by atoms with E-state index in [4.69, 9.17) is 15.5 Å². The van der Waals surface area contributed by atoms with E-state index >= 15 is 0 Å². The van der Waals surface area contributed by atoms with Crippen LogP contribution in [0.15, 0.2) is 224 Å². The molecule has 0 fully saturated rings. The quantitative estimate of drug-likeness (QED) is 0.176. The summed E-state index contributed by atoms with van der Waals surface area (Å²) in [6, 6.07) is 80.4. The lowest BCUT2D eigenvalue weighted by Crippen LogP contribution is -2.32. The Bertz CT molecular complexity index is 3600. The van der Waals surface area contributed by atoms with Crippen LogP contribution in [0, 0.1) is 0 Å². The van der Waals surface area contributed by atoms with Gasteiger partial charge >= 0.3 is 0 Å². The summed E-state index contributed by atoms with van der Waals surface area (Å²) in [6.45, 7) is 0. The third-order valence-electron chi connectivity index (χ3n) is 13.4. The van der Waals surface area contributed by atoms with Crippen molar-refractivity contribution in [3.63, 3.8) is 0 Å². The van der Waals surface area contributed by atoms with Crippen LogP contribution in [0.3, 0.4) is 0 Å². The van der Waals surface area contributed by atoms with Crippen LogP contribution in [0.1, 0.15) is 22.3 Å². The van der Waals surface area contributed by atoms with Crippen LogP contribution in [0.4, 0.5) is 5.69 Å². The van der Waals surface area contributed by atoms with Gasteiger partial charge in [0.2, 0.25) is 0 Å². The van der Waals surface area contributed by atoms with Crippen LogP contribution in [-0.4, -0.2) is 9.55 Å². The highest BCUT2D eigenvalue weighted by Gasteiger charge is 2.51. The molecule has 0 radical (unpaired) electrons. The van der Waals surface area contributed by atoms with Gasteiger partial charge in [-0.2, -0.15) is 0 Å². The molecule has 1 aromatic heterocycles. The minimum absolute atomic E-state index is 0.588. The second kappa shape index (κ2) is 14.0. The van der Waals surface area contributed by atoms with E-state index in [1.54, 1.807) is 0 Å². The highest BCUT2D eigenvalue weighted by Crippen LogP contribution is 2.63. The van der Waals surface area contributed by atoms with Gasteiger partial charge in [0.05, 0.1) is 22.1 Å². The average Bonchev–Trinajstić information content (AvgIpc) is 3.88. The number of anilines is 1. The molecule has 2 heterocycles. The Morgan fingerprint density at radius 3 is 1.72 bits per heavy atom. The third kappa shape index (κ3) is 5.26. The van der Waals surface area contributed by atoms with Gasteiger partial charge in [-0.3, -0.25) is 4.57 Å².